The summed E-state index contributed by atoms with van der Waals surface area (Å²) in [5.74, 6) is -1.26. The molecule has 3 aromatic rings. The lowest BCUT2D eigenvalue weighted by Gasteiger charge is -2.06. The van der Waals surface area contributed by atoms with Gasteiger partial charge in [0.05, 0.1) is 22.8 Å². The largest absolute Gasteiger partial charge is 0.346 e. The van der Waals surface area contributed by atoms with Crippen molar-refractivity contribution in [3.05, 3.63) is 75.5 Å². The summed E-state index contributed by atoms with van der Waals surface area (Å²) in [6.45, 7) is 1.66. The van der Waals surface area contributed by atoms with Crippen molar-refractivity contribution in [3.8, 4) is 0 Å². The fourth-order valence-corrected chi connectivity index (χ4v) is 3.31. The van der Waals surface area contributed by atoms with Gasteiger partial charge in [-0.2, -0.15) is 0 Å². The summed E-state index contributed by atoms with van der Waals surface area (Å²) in [4.78, 5) is 27.8. The summed E-state index contributed by atoms with van der Waals surface area (Å²) in [7, 11) is 0. The fourth-order valence-electron chi connectivity index (χ4n) is 2.33. The zero-order valence-corrected chi connectivity index (χ0v) is 15.8. The average molecular weight is 404 g/mol. The average Bonchev–Trinajstić information content (AvgIpc) is 3.07. The van der Waals surface area contributed by atoms with Gasteiger partial charge in [-0.25, -0.2) is 9.37 Å². The molecule has 1 aromatic heterocycles. The summed E-state index contributed by atoms with van der Waals surface area (Å²) in [5.41, 5.74) is 1.87. The monoisotopic (exact) mass is 403 g/mol. The topological polar surface area (TPSA) is 71.1 Å². The SMILES string of the molecule is CC(=O)c1ccc(Nc2nc(CNC(=O)c3c(F)cccc3Cl)cs2)cc1. The van der Waals surface area contributed by atoms with Gasteiger partial charge in [0.15, 0.2) is 10.9 Å². The first-order valence-corrected chi connectivity index (χ1v) is 9.24. The Hall–Kier alpha value is -2.77. The van der Waals surface area contributed by atoms with Crippen LogP contribution in [0.25, 0.3) is 0 Å². The molecular weight excluding hydrogens is 389 g/mol. The van der Waals surface area contributed by atoms with Gasteiger partial charge in [-0.15, -0.1) is 11.3 Å². The fraction of sp³-hybridized carbons (Fsp3) is 0.105. The van der Waals surface area contributed by atoms with E-state index in [0.717, 1.165) is 5.69 Å². The highest BCUT2D eigenvalue weighted by atomic mass is 35.5. The van der Waals surface area contributed by atoms with Gasteiger partial charge in [0.25, 0.3) is 5.91 Å². The summed E-state index contributed by atoms with van der Waals surface area (Å²) in [6, 6.07) is 11.1. The molecule has 0 aliphatic rings. The van der Waals surface area contributed by atoms with Crippen molar-refractivity contribution in [1.29, 1.82) is 0 Å². The zero-order valence-electron chi connectivity index (χ0n) is 14.3. The summed E-state index contributed by atoms with van der Waals surface area (Å²) < 4.78 is 13.8. The van der Waals surface area contributed by atoms with E-state index in [0.29, 0.717) is 16.4 Å². The van der Waals surface area contributed by atoms with Crippen LogP contribution < -0.4 is 10.6 Å². The van der Waals surface area contributed by atoms with E-state index in [1.54, 1.807) is 29.6 Å². The van der Waals surface area contributed by atoms with Crippen LogP contribution in [0.5, 0.6) is 0 Å². The molecule has 0 radical (unpaired) electrons. The predicted molar refractivity (Wildman–Crippen MR) is 104 cm³/mol. The van der Waals surface area contributed by atoms with Gasteiger partial charge in [-0.1, -0.05) is 17.7 Å². The van der Waals surface area contributed by atoms with Gasteiger partial charge in [-0.05, 0) is 43.3 Å². The van der Waals surface area contributed by atoms with Crippen LogP contribution >= 0.6 is 22.9 Å². The van der Waals surface area contributed by atoms with Crippen LogP contribution in [0, 0.1) is 5.82 Å². The maximum atomic E-state index is 13.8. The second-order valence-electron chi connectivity index (χ2n) is 5.68. The highest BCUT2D eigenvalue weighted by molar-refractivity contribution is 7.13. The molecule has 0 saturated heterocycles. The van der Waals surface area contributed by atoms with Gasteiger partial charge >= 0.3 is 0 Å². The maximum absolute atomic E-state index is 13.8. The van der Waals surface area contributed by atoms with Crippen molar-refractivity contribution in [2.45, 2.75) is 13.5 Å². The predicted octanol–water partition coefficient (Wildman–Crippen LogP) is 4.81. The number of benzene rings is 2. The molecule has 0 unspecified atom stereocenters. The molecule has 0 fully saturated rings. The quantitative estimate of drug-likeness (QED) is 0.579. The third kappa shape index (κ3) is 4.69. The van der Waals surface area contributed by atoms with Gasteiger partial charge in [0.2, 0.25) is 0 Å². The second-order valence-corrected chi connectivity index (χ2v) is 6.95. The molecule has 0 aliphatic heterocycles. The number of hydrogen-bond donors (Lipinski definition) is 2. The Morgan fingerprint density at radius 2 is 1.93 bits per heavy atom. The van der Waals surface area contributed by atoms with Crippen LogP contribution in [0.15, 0.2) is 47.8 Å². The van der Waals surface area contributed by atoms with E-state index in [9.17, 15) is 14.0 Å². The minimum Gasteiger partial charge on any atom is -0.346 e. The van der Waals surface area contributed by atoms with Crippen molar-refractivity contribution in [3.63, 3.8) is 0 Å². The number of carbonyl (C=O) groups is 2. The number of anilines is 2. The number of Topliss-reactive ketones (excluding diaryl/α,β-unsaturated/α-hetero) is 1. The van der Waals surface area contributed by atoms with Crippen molar-refractivity contribution in [2.24, 2.45) is 0 Å². The van der Waals surface area contributed by atoms with E-state index in [1.807, 2.05) is 0 Å². The molecule has 5 nitrogen and oxygen atoms in total. The summed E-state index contributed by atoms with van der Waals surface area (Å²) >= 11 is 7.25. The molecule has 1 heterocycles. The second kappa shape index (κ2) is 8.28. The molecule has 8 heteroatoms. The van der Waals surface area contributed by atoms with Crippen molar-refractivity contribution >= 4 is 45.4 Å². The number of rotatable bonds is 6. The van der Waals surface area contributed by atoms with E-state index in [-0.39, 0.29) is 22.9 Å². The lowest BCUT2D eigenvalue weighted by Crippen LogP contribution is -2.24. The number of nitrogens with zero attached hydrogens (tertiary/aromatic N) is 1. The number of aromatic nitrogens is 1. The van der Waals surface area contributed by atoms with Crippen molar-refractivity contribution in [1.82, 2.24) is 10.3 Å². The van der Waals surface area contributed by atoms with Crippen LogP contribution in [0.4, 0.5) is 15.2 Å². The number of thiazole rings is 1. The van der Waals surface area contributed by atoms with E-state index in [1.165, 1.54) is 36.5 Å². The van der Waals surface area contributed by atoms with Gasteiger partial charge in [0, 0.05) is 16.6 Å². The third-order valence-corrected chi connectivity index (χ3v) is 4.84. The molecular formula is C19H15ClFN3O2S. The Morgan fingerprint density at radius 3 is 2.59 bits per heavy atom. The van der Waals surface area contributed by atoms with Crippen LogP contribution in [0.1, 0.15) is 33.3 Å². The highest BCUT2D eigenvalue weighted by Gasteiger charge is 2.15. The van der Waals surface area contributed by atoms with E-state index in [4.69, 9.17) is 11.6 Å². The number of halogens is 2. The normalized spacial score (nSPS) is 10.5. The van der Waals surface area contributed by atoms with Crippen molar-refractivity contribution in [2.75, 3.05) is 5.32 Å². The standard InChI is InChI=1S/C19H15ClFN3O2S/c1-11(25)12-5-7-13(8-6-12)23-19-24-14(10-27-19)9-22-18(26)17-15(20)3-2-4-16(17)21/h2-8,10H,9H2,1H3,(H,22,26)(H,23,24). The number of ketones is 1. The number of hydrogen-bond acceptors (Lipinski definition) is 5. The zero-order chi connectivity index (χ0) is 19.4. The van der Waals surface area contributed by atoms with Crippen molar-refractivity contribution < 1.29 is 14.0 Å². The number of amides is 1. The van der Waals surface area contributed by atoms with E-state index in [2.05, 4.69) is 15.6 Å². The lowest BCUT2D eigenvalue weighted by atomic mass is 10.1. The third-order valence-electron chi connectivity index (χ3n) is 3.71. The molecule has 0 bridgehead atoms. The minimum atomic E-state index is -0.672. The molecule has 27 heavy (non-hydrogen) atoms. The summed E-state index contributed by atoms with van der Waals surface area (Å²) in [6.07, 6.45) is 0. The Kier molecular flexibility index (Phi) is 5.83. The Morgan fingerprint density at radius 1 is 1.19 bits per heavy atom. The molecule has 2 N–H and O–H groups in total. The smallest absolute Gasteiger partial charge is 0.256 e. The molecule has 2 aromatic carbocycles. The lowest BCUT2D eigenvalue weighted by molar-refractivity contribution is 0.0945. The van der Waals surface area contributed by atoms with Crippen LogP contribution in [0.3, 0.4) is 0 Å². The van der Waals surface area contributed by atoms with Gasteiger partial charge in [-0.3, -0.25) is 9.59 Å². The van der Waals surface area contributed by atoms with E-state index < -0.39 is 11.7 Å². The van der Waals surface area contributed by atoms with Crippen LogP contribution in [0.2, 0.25) is 5.02 Å². The van der Waals surface area contributed by atoms with Crippen LogP contribution in [-0.4, -0.2) is 16.7 Å². The molecule has 138 valence electrons. The Balaban J connectivity index is 1.61. The summed E-state index contributed by atoms with van der Waals surface area (Å²) in [5, 5.41) is 8.22. The highest BCUT2D eigenvalue weighted by Crippen LogP contribution is 2.22. The molecule has 1 amide bonds. The van der Waals surface area contributed by atoms with Gasteiger partial charge < -0.3 is 10.6 Å². The first kappa shape index (κ1) is 19.0. The molecule has 0 aliphatic carbocycles. The maximum Gasteiger partial charge on any atom is 0.256 e. The number of carbonyl (C=O) groups excluding carboxylic acids is 2. The van der Waals surface area contributed by atoms with Gasteiger partial charge in [0.1, 0.15) is 5.82 Å². The first-order valence-electron chi connectivity index (χ1n) is 7.98. The van der Waals surface area contributed by atoms with E-state index >= 15 is 0 Å². The first-order chi connectivity index (χ1) is 12.9. The minimum absolute atomic E-state index is 0.00350. The van der Waals surface area contributed by atoms with Crippen LogP contribution in [-0.2, 0) is 6.54 Å². The Bertz CT molecular complexity index is 969. The molecule has 0 spiro atoms. The number of nitrogens with one attached hydrogen (secondary N) is 2. The Labute approximate surface area is 164 Å². The molecule has 0 atom stereocenters. The molecule has 3 rings (SSSR count). The molecule has 0 saturated carbocycles.